The van der Waals surface area contributed by atoms with Crippen molar-refractivity contribution in [1.29, 1.82) is 0 Å². The third-order valence-electron chi connectivity index (χ3n) is 4.69. The fraction of sp³-hybridized carbons (Fsp3) is 0.0952. The number of carbonyl (C=O) groups excluding carboxylic acids is 1. The molecule has 0 saturated heterocycles. The van der Waals surface area contributed by atoms with Gasteiger partial charge in [-0.25, -0.2) is 0 Å². The minimum Gasteiger partial charge on any atom is -0.324 e. The Bertz CT molecular complexity index is 1240. The maximum Gasteiger partial charge on any atom is 0.340 e. The molecule has 1 unspecified atom stereocenters. The number of rotatable bonds is 5. The standard InChI is InChI=1S/C21H16ClO4PS/c22-16-7-8-20-17(11-16)18(12-28-20)21(27(24,25)26)19(23)10-13-5-6-14-3-1-2-4-15(14)9-13/h1-9,11-12,21H,10H2,(H2,24,25,26). The molecule has 0 bridgehead atoms. The van der Waals surface area contributed by atoms with E-state index in [1.165, 1.54) is 11.3 Å². The second-order valence-corrected chi connectivity index (χ2v) is 9.69. The number of hydrogen-bond acceptors (Lipinski definition) is 3. The maximum absolute atomic E-state index is 13.0. The smallest absolute Gasteiger partial charge is 0.324 e. The largest absolute Gasteiger partial charge is 0.340 e. The third-order valence-corrected chi connectivity index (χ3v) is 7.15. The monoisotopic (exact) mass is 430 g/mol. The van der Waals surface area contributed by atoms with E-state index in [9.17, 15) is 19.1 Å². The zero-order valence-electron chi connectivity index (χ0n) is 14.6. The highest BCUT2D eigenvalue weighted by Crippen LogP contribution is 2.55. The molecular formula is C21H16ClO4PS. The van der Waals surface area contributed by atoms with E-state index in [2.05, 4.69) is 0 Å². The van der Waals surface area contributed by atoms with Crippen molar-refractivity contribution in [3.8, 4) is 0 Å². The van der Waals surface area contributed by atoms with Crippen LogP contribution < -0.4 is 0 Å². The number of hydrogen-bond donors (Lipinski definition) is 2. The van der Waals surface area contributed by atoms with Crippen molar-refractivity contribution in [2.75, 3.05) is 0 Å². The molecule has 4 rings (SSSR count). The molecule has 0 saturated carbocycles. The van der Waals surface area contributed by atoms with E-state index in [4.69, 9.17) is 11.6 Å². The van der Waals surface area contributed by atoms with Crippen LogP contribution in [-0.2, 0) is 15.8 Å². The van der Waals surface area contributed by atoms with E-state index in [1.54, 1.807) is 23.6 Å². The van der Waals surface area contributed by atoms with Gasteiger partial charge in [0.25, 0.3) is 0 Å². The van der Waals surface area contributed by atoms with Crippen LogP contribution in [0.25, 0.3) is 20.9 Å². The molecule has 4 nitrogen and oxygen atoms in total. The molecule has 4 aromatic rings. The molecule has 1 heterocycles. The highest BCUT2D eigenvalue weighted by Gasteiger charge is 2.38. The Kier molecular flexibility index (Phi) is 5.13. The van der Waals surface area contributed by atoms with Crippen LogP contribution >= 0.6 is 30.5 Å². The first-order valence-electron chi connectivity index (χ1n) is 8.55. The molecule has 0 amide bonds. The zero-order chi connectivity index (χ0) is 19.9. The number of carbonyl (C=O) groups is 1. The summed E-state index contributed by atoms with van der Waals surface area (Å²) in [5, 5.41) is 4.73. The summed E-state index contributed by atoms with van der Waals surface area (Å²) in [6.45, 7) is 0. The average Bonchev–Trinajstić information content (AvgIpc) is 3.03. The Morgan fingerprint density at radius 2 is 1.79 bits per heavy atom. The van der Waals surface area contributed by atoms with Gasteiger partial charge in [-0.1, -0.05) is 54.1 Å². The van der Waals surface area contributed by atoms with Gasteiger partial charge >= 0.3 is 7.60 Å². The third kappa shape index (κ3) is 3.77. The Morgan fingerprint density at radius 3 is 2.54 bits per heavy atom. The van der Waals surface area contributed by atoms with Crippen LogP contribution in [0, 0.1) is 0 Å². The number of benzene rings is 3. The number of thiophene rings is 1. The van der Waals surface area contributed by atoms with Gasteiger partial charge in [0.1, 0.15) is 5.66 Å². The Morgan fingerprint density at radius 1 is 1.04 bits per heavy atom. The molecule has 3 aromatic carbocycles. The van der Waals surface area contributed by atoms with Crippen molar-refractivity contribution in [2.45, 2.75) is 12.1 Å². The first kappa shape index (κ1) is 19.3. The van der Waals surface area contributed by atoms with Gasteiger partial charge in [0, 0.05) is 16.1 Å². The highest BCUT2D eigenvalue weighted by molar-refractivity contribution is 7.53. The molecule has 28 heavy (non-hydrogen) atoms. The van der Waals surface area contributed by atoms with Gasteiger partial charge in [0.05, 0.1) is 0 Å². The minimum absolute atomic E-state index is 0.0570. The topological polar surface area (TPSA) is 74.6 Å². The Balaban J connectivity index is 1.73. The summed E-state index contributed by atoms with van der Waals surface area (Å²) in [6, 6.07) is 18.5. The summed E-state index contributed by atoms with van der Waals surface area (Å²) in [6.07, 6.45) is -0.0570. The first-order chi connectivity index (χ1) is 13.3. The van der Waals surface area contributed by atoms with Crippen molar-refractivity contribution in [3.05, 3.63) is 82.2 Å². The molecule has 0 aliphatic carbocycles. The maximum atomic E-state index is 13.0. The number of halogens is 1. The molecule has 0 fully saturated rings. The van der Waals surface area contributed by atoms with Crippen molar-refractivity contribution < 1.29 is 19.1 Å². The second kappa shape index (κ2) is 7.43. The molecule has 7 heteroatoms. The summed E-state index contributed by atoms with van der Waals surface area (Å²) in [7, 11) is -4.71. The van der Waals surface area contributed by atoms with E-state index < -0.39 is 19.0 Å². The summed E-state index contributed by atoms with van der Waals surface area (Å²) < 4.78 is 13.1. The first-order valence-corrected chi connectivity index (χ1v) is 11.5. The van der Waals surface area contributed by atoms with Crippen LogP contribution in [0.5, 0.6) is 0 Å². The second-order valence-electron chi connectivity index (χ2n) is 6.65. The SMILES string of the molecule is O=C(Cc1ccc2ccccc2c1)C(c1csc2ccc(Cl)cc12)P(=O)(O)O. The molecule has 1 aromatic heterocycles. The Labute approximate surface area is 170 Å². The van der Waals surface area contributed by atoms with Crippen LogP contribution in [0.4, 0.5) is 0 Å². The van der Waals surface area contributed by atoms with Gasteiger partial charge in [-0.15, -0.1) is 11.3 Å². The fourth-order valence-corrected chi connectivity index (χ4v) is 5.70. The molecule has 0 radical (unpaired) electrons. The predicted molar refractivity (Wildman–Crippen MR) is 114 cm³/mol. The molecule has 142 valence electrons. The lowest BCUT2D eigenvalue weighted by atomic mass is 9.99. The number of fused-ring (bicyclic) bond motifs is 2. The van der Waals surface area contributed by atoms with Crippen LogP contribution in [-0.4, -0.2) is 15.6 Å². The van der Waals surface area contributed by atoms with Crippen LogP contribution in [0.3, 0.4) is 0 Å². The van der Waals surface area contributed by atoms with Gasteiger partial charge < -0.3 is 9.79 Å². The predicted octanol–water partition coefficient (Wildman–Crippen LogP) is 5.74. The quantitative estimate of drug-likeness (QED) is 0.396. The molecular weight excluding hydrogens is 415 g/mol. The lowest BCUT2D eigenvalue weighted by Gasteiger charge is -2.17. The van der Waals surface area contributed by atoms with Gasteiger partial charge in [0.15, 0.2) is 5.78 Å². The lowest BCUT2D eigenvalue weighted by molar-refractivity contribution is -0.118. The fourth-order valence-electron chi connectivity index (χ4n) is 3.42. The lowest BCUT2D eigenvalue weighted by Crippen LogP contribution is -2.15. The molecule has 0 spiro atoms. The van der Waals surface area contributed by atoms with Crippen molar-refractivity contribution >= 4 is 57.2 Å². The number of ketones is 1. The van der Waals surface area contributed by atoms with Crippen LogP contribution in [0.15, 0.2) is 66.0 Å². The molecule has 0 aliphatic rings. The summed E-state index contributed by atoms with van der Waals surface area (Å²) in [5.41, 5.74) is -0.451. The van der Waals surface area contributed by atoms with E-state index in [1.807, 2.05) is 42.5 Å². The molecule has 1 atom stereocenters. The average molecular weight is 431 g/mol. The van der Waals surface area contributed by atoms with E-state index in [0.29, 0.717) is 16.0 Å². The summed E-state index contributed by atoms with van der Waals surface area (Å²) in [5.74, 6) is -0.511. The minimum atomic E-state index is -4.71. The van der Waals surface area contributed by atoms with Crippen molar-refractivity contribution in [1.82, 2.24) is 0 Å². The normalized spacial score (nSPS) is 13.1. The Hall–Kier alpha value is -2.01. The van der Waals surface area contributed by atoms with E-state index in [-0.39, 0.29) is 6.42 Å². The van der Waals surface area contributed by atoms with Crippen LogP contribution in [0.2, 0.25) is 5.02 Å². The zero-order valence-corrected chi connectivity index (χ0v) is 17.0. The van der Waals surface area contributed by atoms with Gasteiger partial charge in [0.2, 0.25) is 0 Å². The van der Waals surface area contributed by atoms with Gasteiger partial charge in [-0.05, 0) is 50.9 Å². The van der Waals surface area contributed by atoms with Gasteiger partial charge in [-0.3, -0.25) is 9.36 Å². The summed E-state index contributed by atoms with van der Waals surface area (Å²) >= 11 is 7.40. The van der Waals surface area contributed by atoms with Crippen molar-refractivity contribution in [2.24, 2.45) is 0 Å². The highest BCUT2D eigenvalue weighted by atomic mass is 35.5. The van der Waals surface area contributed by atoms with Gasteiger partial charge in [-0.2, -0.15) is 0 Å². The van der Waals surface area contributed by atoms with Crippen LogP contribution in [0.1, 0.15) is 16.8 Å². The summed E-state index contributed by atoms with van der Waals surface area (Å²) in [4.78, 5) is 32.9. The van der Waals surface area contributed by atoms with E-state index in [0.717, 1.165) is 21.0 Å². The number of Topliss-reactive ketones (excluding diaryl/α,β-unsaturated/α-hetero) is 1. The molecule has 2 N–H and O–H groups in total. The van der Waals surface area contributed by atoms with Crippen molar-refractivity contribution in [3.63, 3.8) is 0 Å². The van der Waals surface area contributed by atoms with E-state index >= 15 is 0 Å². The molecule has 0 aliphatic heterocycles.